The van der Waals surface area contributed by atoms with Gasteiger partial charge < -0.3 is 30.1 Å². The quantitative estimate of drug-likeness (QED) is 0.109. The molecule has 0 amide bonds. The summed E-state index contributed by atoms with van der Waals surface area (Å²) in [6, 6.07) is 25.8. The summed E-state index contributed by atoms with van der Waals surface area (Å²) in [6.07, 6.45) is -3.02. The normalized spacial score (nSPS) is 15.7. The van der Waals surface area contributed by atoms with Gasteiger partial charge in [0.15, 0.2) is 11.6 Å². The second-order valence-electron chi connectivity index (χ2n) is 15.5. The number of carbonyl (C=O) groups is 2. The number of rotatable bonds is 14. The van der Waals surface area contributed by atoms with Gasteiger partial charge in [-0.05, 0) is 98.2 Å². The van der Waals surface area contributed by atoms with E-state index in [1.54, 1.807) is 30.6 Å². The number of nitrogens with two attached hydrogens (primary N) is 1. The van der Waals surface area contributed by atoms with E-state index in [1.165, 1.54) is 36.4 Å². The Kier molecular flexibility index (Phi) is 16.9. The van der Waals surface area contributed by atoms with Crippen molar-refractivity contribution in [2.45, 2.75) is 57.7 Å². The first-order valence-electron chi connectivity index (χ1n) is 20.9. The maximum absolute atomic E-state index is 12.6. The number of ketones is 1. The van der Waals surface area contributed by atoms with E-state index in [9.17, 15) is 35.9 Å². The molecule has 22 heteroatoms. The van der Waals surface area contributed by atoms with Gasteiger partial charge in [0.05, 0.1) is 29.9 Å². The molecule has 2 aliphatic rings. The summed E-state index contributed by atoms with van der Waals surface area (Å²) in [5.74, 6) is 0.789. The van der Waals surface area contributed by atoms with Crippen molar-refractivity contribution in [2.24, 2.45) is 11.8 Å². The van der Waals surface area contributed by atoms with Crippen LogP contribution >= 0.6 is 0 Å². The lowest BCUT2D eigenvalue weighted by molar-refractivity contribution is -0.275. The van der Waals surface area contributed by atoms with E-state index >= 15 is 0 Å². The highest BCUT2D eigenvalue weighted by molar-refractivity contribution is 5.83. The number of nitrogens with zero attached hydrogens (tertiary/aromatic N) is 10. The van der Waals surface area contributed by atoms with Crippen LogP contribution in [-0.2, 0) is 41.7 Å². The third-order valence-electron chi connectivity index (χ3n) is 10.4. The summed E-state index contributed by atoms with van der Waals surface area (Å²) in [6.45, 7) is 3.67. The number of benzene rings is 2. The van der Waals surface area contributed by atoms with E-state index in [0.29, 0.717) is 23.3 Å². The van der Waals surface area contributed by atoms with Crippen LogP contribution in [0.25, 0.3) is 0 Å². The van der Waals surface area contributed by atoms with E-state index in [0.717, 1.165) is 81.0 Å². The average molecular weight is 934 g/mol. The predicted octanol–water partition coefficient (Wildman–Crippen LogP) is 6.72. The van der Waals surface area contributed by atoms with Crippen molar-refractivity contribution in [2.75, 3.05) is 41.7 Å². The Hall–Kier alpha value is -7.52. The number of ether oxygens (including phenoxy) is 2. The van der Waals surface area contributed by atoms with Crippen LogP contribution in [0.3, 0.4) is 0 Å². The number of carbonyl (C=O) groups excluding carboxylic acids is 1. The minimum Gasteiger partial charge on any atom is -0.481 e. The molecule has 2 atom stereocenters. The Morgan fingerprint density at radius 2 is 1.07 bits per heavy atom. The van der Waals surface area contributed by atoms with Gasteiger partial charge in [0, 0.05) is 56.1 Å². The van der Waals surface area contributed by atoms with Crippen molar-refractivity contribution in [3.05, 3.63) is 138 Å². The standard InChI is InChI=1S/C23H22F3N5O2.C13H16N6.C9H7F3O3/c24-23(25,26)33-21-6-2-1-4-17(21)13-20(32)14-19-7-8-22(30-29-19)31-11-9-16(15-31)12-18-5-3-10-27-28-18;14-12-3-4-13(18-17-12)19-7-5-10(9-19)8-11-2-1-6-15-16-11;10-9(11,12)15-7-4-2-1-3-6(7)5-8(13)14/h1-8,10,16H,9,11-15H2;1-4,6,10H,5,7-9H2,(H2,14,17);1-4H,5H2,(H,13,14)/t16-;10-;/m00./s1. The molecule has 6 heterocycles. The first kappa shape index (κ1) is 48.9. The van der Waals surface area contributed by atoms with E-state index < -0.39 is 30.9 Å². The number of aromatic nitrogens is 8. The maximum atomic E-state index is 12.6. The largest absolute Gasteiger partial charge is 0.573 e. The molecule has 2 fully saturated rings. The zero-order chi connectivity index (χ0) is 47.8. The van der Waals surface area contributed by atoms with Crippen LogP contribution in [0.5, 0.6) is 11.5 Å². The van der Waals surface area contributed by atoms with E-state index in [4.69, 9.17) is 10.8 Å². The molecule has 0 radical (unpaired) electrons. The van der Waals surface area contributed by atoms with Crippen LogP contribution in [0.1, 0.15) is 41.1 Å². The fourth-order valence-corrected chi connectivity index (χ4v) is 7.40. The number of aliphatic carboxylic acids is 1. The minimum absolute atomic E-state index is 0.0117. The molecule has 0 unspecified atom stereocenters. The number of para-hydroxylation sites is 2. The van der Waals surface area contributed by atoms with E-state index in [-0.39, 0.29) is 35.5 Å². The molecule has 2 aliphatic heterocycles. The van der Waals surface area contributed by atoms with Crippen LogP contribution in [0.15, 0.2) is 109 Å². The first-order valence-corrected chi connectivity index (χ1v) is 20.9. The number of hydrogen-bond acceptors (Lipinski definition) is 15. The number of hydrogen-bond donors (Lipinski definition) is 2. The van der Waals surface area contributed by atoms with Crippen molar-refractivity contribution < 1.29 is 50.5 Å². The number of nitrogen functional groups attached to an aromatic ring is 1. The number of halogens is 6. The number of Topliss-reactive ketones (excluding diaryl/α,β-unsaturated/α-hetero) is 1. The van der Waals surface area contributed by atoms with E-state index in [2.05, 4.69) is 60.1 Å². The summed E-state index contributed by atoms with van der Waals surface area (Å²) in [5.41, 5.74) is 8.20. The molecule has 8 rings (SSSR count). The minimum atomic E-state index is -4.82. The third-order valence-corrected chi connectivity index (χ3v) is 10.4. The zero-order valence-corrected chi connectivity index (χ0v) is 35.7. The molecule has 2 aromatic carbocycles. The second kappa shape index (κ2) is 23.1. The Bertz CT molecular complexity index is 2490. The van der Waals surface area contributed by atoms with Crippen LogP contribution < -0.4 is 25.0 Å². The summed E-state index contributed by atoms with van der Waals surface area (Å²) in [7, 11) is 0. The fourth-order valence-electron chi connectivity index (χ4n) is 7.40. The van der Waals surface area contributed by atoms with Gasteiger partial charge in [-0.15, -0.1) is 41.6 Å². The lowest BCUT2D eigenvalue weighted by Crippen LogP contribution is -2.22. The summed E-state index contributed by atoms with van der Waals surface area (Å²) in [4.78, 5) is 27.2. The highest BCUT2D eigenvalue weighted by atomic mass is 19.4. The van der Waals surface area contributed by atoms with Gasteiger partial charge in [0.1, 0.15) is 23.1 Å². The first-order chi connectivity index (χ1) is 32.0. The summed E-state index contributed by atoms with van der Waals surface area (Å²) < 4.78 is 81.1. The maximum Gasteiger partial charge on any atom is 0.573 e. The van der Waals surface area contributed by atoms with Gasteiger partial charge in [0.25, 0.3) is 0 Å². The molecule has 6 aromatic rings. The fraction of sp³-hybridized carbons (Fsp3) is 0.333. The molecule has 2 saturated heterocycles. The molecular formula is C45H45F6N11O5. The van der Waals surface area contributed by atoms with Crippen molar-refractivity contribution in [1.82, 2.24) is 40.8 Å². The lowest BCUT2D eigenvalue weighted by Gasteiger charge is -2.17. The number of anilines is 3. The second-order valence-corrected chi connectivity index (χ2v) is 15.5. The molecular weight excluding hydrogens is 889 g/mol. The number of alkyl halides is 6. The zero-order valence-electron chi connectivity index (χ0n) is 35.7. The molecule has 352 valence electrons. The van der Waals surface area contributed by atoms with Gasteiger partial charge in [-0.2, -0.15) is 25.5 Å². The summed E-state index contributed by atoms with van der Waals surface area (Å²) in [5, 5.41) is 41.0. The molecule has 0 bridgehead atoms. The molecule has 3 N–H and O–H groups in total. The molecule has 0 spiro atoms. The Morgan fingerprint density at radius 3 is 1.51 bits per heavy atom. The van der Waals surface area contributed by atoms with Crippen molar-refractivity contribution in [3.63, 3.8) is 0 Å². The van der Waals surface area contributed by atoms with Gasteiger partial charge in [-0.1, -0.05) is 36.4 Å². The number of carboxylic acids is 1. The smallest absolute Gasteiger partial charge is 0.481 e. The monoisotopic (exact) mass is 933 g/mol. The van der Waals surface area contributed by atoms with Crippen molar-refractivity contribution >= 4 is 29.2 Å². The topological polar surface area (TPSA) is 208 Å². The van der Waals surface area contributed by atoms with Gasteiger partial charge in [-0.25, -0.2) is 0 Å². The summed E-state index contributed by atoms with van der Waals surface area (Å²) >= 11 is 0. The molecule has 4 aromatic heterocycles. The Morgan fingerprint density at radius 1 is 0.582 bits per heavy atom. The predicted molar refractivity (Wildman–Crippen MR) is 231 cm³/mol. The van der Waals surface area contributed by atoms with Gasteiger partial charge in [-0.3, -0.25) is 9.59 Å². The highest BCUT2D eigenvalue weighted by Gasteiger charge is 2.33. The van der Waals surface area contributed by atoms with E-state index in [1.807, 2.05) is 36.4 Å². The third kappa shape index (κ3) is 16.5. The molecule has 16 nitrogen and oxygen atoms in total. The molecule has 67 heavy (non-hydrogen) atoms. The highest BCUT2D eigenvalue weighted by Crippen LogP contribution is 2.29. The van der Waals surface area contributed by atoms with Crippen LogP contribution in [-0.4, -0.2) is 96.6 Å². The molecule has 0 saturated carbocycles. The van der Waals surface area contributed by atoms with Gasteiger partial charge >= 0.3 is 18.7 Å². The van der Waals surface area contributed by atoms with Crippen LogP contribution in [0.4, 0.5) is 43.8 Å². The number of carboxylic acid groups (broad SMARTS) is 1. The lowest BCUT2D eigenvalue weighted by atomic mass is 10.0. The van der Waals surface area contributed by atoms with Crippen LogP contribution in [0.2, 0.25) is 0 Å². The average Bonchev–Trinajstić information content (AvgIpc) is 3.96. The molecule has 0 aliphatic carbocycles. The van der Waals surface area contributed by atoms with Crippen molar-refractivity contribution in [1.29, 1.82) is 0 Å². The Labute approximate surface area is 380 Å². The van der Waals surface area contributed by atoms with Crippen LogP contribution in [0, 0.1) is 11.8 Å². The van der Waals surface area contributed by atoms with Gasteiger partial charge in [0.2, 0.25) is 0 Å². The SMILES string of the molecule is Nc1ccc(N2CC[C@@H](Cc3cccnn3)C2)nn1.O=C(Cc1ccc(N2CC[C@@H](Cc3cccnn3)C2)nn1)Cc1ccccc1OC(F)(F)F.O=C(O)Cc1ccccc1OC(F)(F)F. The van der Waals surface area contributed by atoms with Crippen molar-refractivity contribution in [3.8, 4) is 11.5 Å². The Balaban J connectivity index is 0.000000184.